The van der Waals surface area contributed by atoms with Gasteiger partial charge < -0.3 is 11.1 Å². The summed E-state index contributed by atoms with van der Waals surface area (Å²) in [5.41, 5.74) is 6.81. The average Bonchev–Trinajstić information content (AvgIpc) is 2.39. The largest absolute Gasteiger partial charge is 0.356 e. The zero-order valence-corrected chi connectivity index (χ0v) is 11.4. The lowest BCUT2D eigenvalue weighted by atomic mass is 9.98. The van der Waals surface area contributed by atoms with Crippen LogP contribution in [0.1, 0.15) is 38.2 Å². The predicted octanol–water partition coefficient (Wildman–Crippen LogP) is 2.28. The molecular formula is C15H24N2O. The molecule has 18 heavy (non-hydrogen) atoms. The van der Waals surface area contributed by atoms with Crippen LogP contribution in [0.2, 0.25) is 0 Å². The second-order valence-electron chi connectivity index (χ2n) is 5.00. The van der Waals surface area contributed by atoms with E-state index in [1.807, 2.05) is 25.1 Å². The van der Waals surface area contributed by atoms with E-state index in [9.17, 15) is 4.79 Å². The summed E-state index contributed by atoms with van der Waals surface area (Å²) in [7, 11) is 0. The molecular weight excluding hydrogens is 224 g/mol. The Kier molecular flexibility index (Phi) is 6.44. The van der Waals surface area contributed by atoms with Crippen LogP contribution < -0.4 is 11.1 Å². The van der Waals surface area contributed by atoms with Gasteiger partial charge in [-0.2, -0.15) is 0 Å². The minimum Gasteiger partial charge on any atom is -0.356 e. The fourth-order valence-electron chi connectivity index (χ4n) is 1.85. The molecule has 1 amide bonds. The summed E-state index contributed by atoms with van der Waals surface area (Å²) in [6.07, 6.45) is 1.49. The van der Waals surface area contributed by atoms with E-state index in [1.54, 1.807) is 0 Å². The van der Waals surface area contributed by atoms with Crippen molar-refractivity contribution in [3.05, 3.63) is 35.9 Å². The SMILES string of the molecule is CC(CN)CC(=O)NCCC(C)c1ccccc1. The van der Waals surface area contributed by atoms with Gasteiger partial charge in [-0.3, -0.25) is 4.79 Å². The smallest absolute Gasteiger partial charge is 0.220 e. The first kappa shape index (κ1) is 14.7. The monoisotopic (exact) mass is 248 g/mol. The summed E-state index contributed by atoms with van der Waals surface area (Å²) in [5, 5.41) is 2.95. The van der Waals surface area contributed by atoms with Crippen molar-refractivity contribution >= 4 is 5.91 Å². The molecule has 0 fully saturated rings. The van der Waals surface area contributed by atoms with Crippen LogP contribution >= 0.6 is 0 Å². The number of nitrogens with two attached hydrogens (primary N) is 1. The maximum atomic E-state index is 11.6. The lowest BCUT2D eigenvalue weighted by Gasteiger charge is -2.13. The Morgan fingerprint density at radius 1 is 1.28 bits per heavy atom. The molecule has 0 aliphatic carbocycles. The predicted molar refractivity (Wildman–Crippen MR) is 75.3 cm³/mol. The van der Waals surface area contributed by atoms with Gasteiger partial charge in [0.25, 0.3) is 0 Å². The number of nitrogens with one attached hydrogen (secondary N) is 1. The maximum Gasteiger partial charge on any atom is 0.220 e. The van der Waals surface area contributed by atoms with E-state index < -0.39 is 0 Å². The Morgan fingerprint density at radius 2 is 1.94 bits per heavy atom. The molecule has 1 aromatic rings. The molecule has 0 saturated heterocycles. The minimum absolute atomic E-state index is 0.105. The fraction of sp³-hybridized carbons (Fsp3) is 0.533. The average molecular weight is 248 g/mol. The highest BCUT2D eigenvalue weighted by Crippen LogP contribution is 2.17. The van der Waals surface area contributed by atoms with Gasteiger partial charge >= 0.3 is 0 Å². The summed E-state index contributed by atoms with van der Waals surface area (Å²) in [4.78, 5) is 11.6. The molecule has 0 spiro atoms. The number of hydrogen-bond donors (Lipinski definition) is 2. The van der Waals surface area contributed by atoms with E-state index in [0.717, 1.165) is 13.0 Å². The number of carbonyl (C=O) groups excluding carboxylic acids is 1. The third kappa shape index (κ3) is 5.32. The first-order chi connectivity index (χ1) is 8.63. The van der Waals surface area contributed by atoms with E-state index in [0.29, 0.717) is 18.9 Å². The van der Waals surface area contributed by atoms with Crippen molar-refractivity contribution < 1.29 is 4.79 Å². The molecule has 0 saturated carbocycles. The van der Waals surface area contributed by atoms with Gasteiger partial charge in [0.15, 0.2) is 0 Å². The third-order valence-electron chi connectivity index (χ3n) is 3.20. The summed E-state index contributed by atoms with van der Waals surface area (Å²) in [6, 6.07) is 10.4. The molecule has 3 heteroatoms. The highest BCUT2D eigenvalue weighted by molar-refractivity contribution is 5.76. The third-order valence-corrected chi connectivity index (χ3v) is 3.20. The highest BCUT2D eigenvalue weighted by Gasteiger charge is 2.08. The van der Waals surface area contributed by atoms with Gasteiger partial charge in [-0.15, -0.1) is 0 Å². The van der Waals surface area contributed by atoms with Gasteiger partial charge in [0.2, 0.25) is 5.91 Å². The van der Waals surface area contributed by atoms with E-state index >= 15 is 0 Å². The summed E-state index contributed by atoms with van der Waals surface area (Å²) in [5.74, 6) is 0.836. The summed E-state index contributed by atoms with van der Waals surface area (Å²) >= 11 is 0. The molecule has 2 atom stereocenters. The summed E-state index contributed by atoms with van der Waals surface area (Å²) in [6.45, 7) is 5.47. The Bertz CT molecular complexity index is 351. The first-order valence-corrected chi connectivity index (χ1v) is 6.65. The number of carbonyl (C=O) groups is 1. The standard InChI is InChI=1S/C15H24N2O/c1-12(11-16)10-15(18)17-9-8-13(2)14-6-4-3-5-7-14/h3-7,12-13H,8-11,16H2,1-2H3,(H,17,18). The van der Waals surface area contributed by atoms with E-state index in [4.69, 9.17) is 5.73 Å². The van der Waals surface area contributed by atoms with Crippen LogP contribution in [0.15, 0.2) is 30.3 Å². The minimum atomic E-state index is 0.105. The van der Waals surface area contributed by atoms with Crippen molar-refractivity contribution in [3.63, 3.8) is 0 Å². The van der Waals surface area contributed by atoms with Crippen LogP contribution in [0.25, 0.3) is 0 Å². The molecule has 0 aliphatic rings. The molecule has 3 N–H and O–H groups in total. The van der Waals surface area contributed by atoms with Gasteiger partial charge in [-0.1, -0.05) is 44.2 Å². The summed E-state index contributed by atoms with van der Waals surface area (Å²) < 4.78 is 0. The molecule has 0 radical (unpaired) electrons. The van der Waals surface area contributed by atoms with Gasteiger partial charge in [-0.05, 0) is 30.4 Å². The quantitative estimate of drug-likeness (QED) is 0.778. The number of benzene rings is 1. The van der Waals surface area contributed by atoms with Crippen LogP contribution in [-0.4, -0.2) is 19.0 Å². The maximum absolute atomic E-state index is 11.6. The van der Waals surface area contributed by atoms with Gasteiger partial charge in [-0.25, -0.2) is 0 Å². The fourth-order valence-corrected chi connectivity index (χ4v) is 1.85. The molecule has 2 unspecified atom stereocenters. The second kappa shape index (κ2) is 7.88. The van der Waals surface area contributed by atoms with Crippen LogP contribution in [-0.2, 0) is 4.79 Å². The van der Waals surface area contributed by atoms with Crippen molar-refractivity contribution in [3.8, 4) is 0 Å². The number of amides is 1. The lowest BCUT2D eigenvalue weighted by molar-refractivity contribution is -0.121. The molecule has 1 aromatic carbocycles. The van der Waals surface area contributed by atoms with Crippen LogP contribution in [0.5, 0.6) is 0 Å². The topological polar surface area (TPSA) is 55.1 Å². The molecule has 1 rings (SSSR count). The van der Waals surface area contributed by atoms with Gasteiger partial charge in [0, 0.05) is 13.0 Å². The lowest BCUT2D eigenvalue weighted by Crippen LogP contribution is -2.28. The van der Waals surface area contributed by atoms with Crippen molar-refractivity contribution in [2.24, 2.45) is 11.7 Å². The highest BCUT2D eigenvalue weighted by atomic mass is 16.1. The molecule has 0 bridgehead atoms. The van der Waals surface area contributed by atoms with E-state index in [2.05, 4.69) is 24.4 Å². The molecule has 100 valence electrons. The number of hydrogen-bond acceptors (Lipinski definition) is 2. The zero-order chi connectivity index (χ0) is 13.4. The van der Waals surface area contributed by atoms with E-state index in [-0.39, 0.29) is 11.8 Å². The Morgan fingerprint density at radius 3 is 2.56 bits per heavy atom. The van der Waals surface area contributed by atoms with E-state index in [1.165, 1.54) is 5.56 Å². The second-order valence-corrected chi connectivity index (χ2v) is 5.00. The Balaban J connectivity index is 2.23. The van der Waals surface area contributed by atoms with Crippen LogP contribution in [0.4, 0.5) is 0 Å². The first-order valence-electron chi connectivity index (χ1n) is 6.65. The van der Waals surface area contributed by atoms with Crippen molar-refractivity contribution in [2.75, 3.05) is 13.1 Å². The van der Waals surface area contributed by atoms with Crippen molar-refractivity contribution in [1.29, 1.82) is 0 Å². The molecule has 0 aliphatic heterocycles. The molecule has 0 heterocycles. The van der Waals surface area contributed by atoms with Crippen molar-refractivity contribution in [1.82, 2.24) is 5.32 Å². The van der Waals surface area contributed by atoms with Crippen LogP contribution in [0, 0.1) is 5.92 Å². The molecule has 3 nitrogen and oxygen atoms in total. The molecule has 0 aromatic heterocycles. The Labute approximate surface area is 110 Å². The zero-order valence-electron chi connectivity index (χ0n) is 11.4. The normalized spacial score (nSPS) is 13.9. The number of rotatable bonds is 7. The van der Waals surface area contributed by atoms with Crippen LogP contribution in [0.3, 0.4) is 0 Å². The van der Waals surface area contributed by atoms with Gasteiger partial charge in [0.05, 0.1) is 0 Å². The van der Waals surface area contributed by atoms with Gasteiger partial charge in [0.1, 0.15) is 0 Å². The van der Waals surface area contributed by atoms with Crippen molar-refractivity contribution in [2.45, 2.75) is 32.6 Å². The Hall–Kier alpha value is -1.35.